The Morgan fingerprint density at radius 3 is 2.62 bits per heavy atom. The van der Waals surface area contributed by atoms with Gasteiger partial charge in [-0.15, -0.1) is 11.6 Å². The molecule has 0 spiro atoms. The summed E-state index contributed by atoms with van der Waals surface area (Å²) in [5.41, 5.74) is 4.47. The number of aryl methyl sites for hydroxylation is 1. The molecule has 0 aromatic heterocycles. The largest absolute Gasteiger partial charge is 0.494 e. The Hall–Kier alpha value is -1.53. The van der Waals surface area contributed by atoms with E-state index in [4.69, 9.17) is 25.6 Å². The molecule has 1 aromatic rings. The van der Waals surface area contributed by atoms with Crippen LogP contribution in [0, 0.1) is 0 Å². The van der Waals surface area contributed by atoms with Gasteiger partial charge in [-0.2, -0.15) is 0 Å². The van der Waals surface area contributed by atoms with Crippen molar-refractivity contribution in [1.29, 1.82) is 0 Å². The lowest BCUT2D eigenvalue weighted by molar-refractivity contribution is 0.0105. The predicted octanol–water partition coefficient (Wildman–Crippen LogP) is 5.71. The number of allylic oxidation sites excluding steroid dienone is 3. The van der Waals surface area contributed by atoms with E-state index in [1.165, 1.54) is 16.7 Å². The third kappa shape index (κ3) is 6.18. The molecule has 1 aromatic carbocycles. The summed E-state index contributed by atoms with van der Waals surface area (Å²) in [4.78, 5) is 2.58. The second-order valence-electron chi connectivity index (χ2n) is 11.6. The standard InChI is InChI=1S/C28H39BClNO3/c1-19(2)33-29(34-27(3,4)5)22-11-8-20-10-14-25(24(20)16-22)31-17-21-9-12-23(30)13-15-26(21)32-28(6,7)18-31/h8-9,11-13,15-16,19,23,25H,10,14,17-18H2,1-7H3. The van der Waals surface area contributed by atoms with Crippen molar-refractivity contribution in [3.63, 3.8) is 0 Å². The van der Waals surface area contributed by atoms with Crippen molar-refractivity contribution in [3.8, 4) is 0 Å². The van der Waals surface area contributed by atoms with E-state index in [9.17, 15) is 0 Å². The van der Waals surface area contributed by atoms with Gasteiger partial charge >= 0.3 is 7.12 Å². The van der Waals surface area contributed by atoms with Crippen LogP contribution in [0.1, 0.15) is 72.1 Å². The molecule has 2 unspecified atom stereocenters. The normalized spacial score (nSPS) is 24.5. The van der Waals surface area contributed by atoms with Gasteiger partial charge in [0.2, 0.25) is 0 Å². The Morgan fingerprint density at radius 1 is 1.18 bits per heavy atom. The quantitative estimate of drug-likeness (QED) is 0.396. The van der Waals surface area contributed by atoms with Gasteiger partial charge in [-0.05, 0) is 84.0 Å². The number of ether oxygens (including phenoxy) is 1. The number of halogens is 1. The van der Waals surface area contributed by atoms with Crippen LogP contribution in [0.4, 0.5) is 0 Å². The Kier molecular flexibility index (Phi) is 7.41. The average molecular weight is 484 g/mol. The molecule has 1 heterocycles. The molecule has 4 nitrogen and oxygen atoms in total. The second-order valence-corrected chi connectivity index (χ2v) is 12.1. The summed E-state index contributed by atoms with van der Waals surface area (Å²) in [6.45, 7) is 16.4. The summed E-state index contributed by atoms with van der Waals surface area (Å²) in [5.74, 6) is 0.933. The number of nitrogens with zero attached hydrogens (tertiary/aromatic N) is 1. The van der Waals surface area contributed by atoms with Crippen LogP contribution in [0.15, 0.2) is 53.8 Å². The highest BCUT2D eigenvalue weighted by atomic mass is 35.5. The fourth-order valence-electron chi connectivity index (χ4n) is 5.05. The van der Waals surface area contributed by atoms with Crippen LogP contribution in [0.2, 0.25) is 0 Å². The van der Waals surface area contributed by atoms with E-state index in [0.29, 0.717) is 6.04 Å². The fourth-order valence-corrected chi connectivity index (χ4v) is 5.20. The molecule has 0 saturated carbocycles. The van der Waals surface area contributed by atoms with E-state index in [-0.39, 0.29) is 29.8 Å². The highest BCUT2D eigenvalue weighted by Gasteiger charge is 2.37. The lowest BCUT2D eigenvalue weighted by atomic mass is 9.76. The van der Waals surface area contributed by atoms with Gasteiger partial charge in [0.25, 0.3) is 0 Å². The molecule has 0 N–H and O–H groups in total. The van der Waals surface area contributed by atoms with E-state index in [1.54, 1.807) is 0 Å². The number of hydrogen-bond donors (Lipinski definition) is 0. The maximum absolute atomic E-state index is 6.47. The van der Waals surface area contributed by atoms with Gasteiger partial charge in [-0.25, -0.2) is 0 Å². The minimum atomic E-state index is -0.389. The van der Waals surface area contributed by atoms with E-state index in [0.717, 1.165) is 37.2 Å². The van der Waals surface area contributed by atoms with Crippen LogP contribution in [0.5, 0.6) is 0 Å². The number of hydrogen-bond acceptors (Lipinski definition) is 4. The van der Waals surface area contributed by atoms with Crippen LogP contribution in [0.3, 0.4) is 0 Å². The molecule has 1 aliphatic heterocycles. The highest BCUT2D eigenvalue weighted by Crippen LogP contribution is 2.39. The Bertz CT molecular complexity index is 992. The first-order chi connectivity index (χ1) is 15.9. The zero-order valence-corrected chi connectivity index (χ0v) is 22.5. The third-order valence-electron chi connectivity index (χ3n) is 6.36. The summed E-state index contributed by atoms with van der Waals surface area (Å²) < 4.78 is 19.0. The van der Waals surface area contributed by atoms with Gasteiger partial charge in [0.1, 0.15) is 11.4 Å². The summed E-state index contributed by atoms with van der Waals surface area (Å²) in [6.07, 6.45) is 10.5. The summed E-state index contributed by atoms with van der Waals surface area (Å²) in [6, 6.07) is 7.09. The Morgan fingerprint density at radius 2 is 1.91 bits per heavy atom. The van der Waals surface area contributed by atoms with Crippen molar-refractivity contribution in [2.45, 2.75) is 90.0 Å². The van der Waals surface area contributed by atoms with Crippen LogP contribution in [-0.2, 0) is 20.5 Å². The molecule has 4 rings (SSSR count). The highest BCUT2D eigenvalue weighted by molar-refractivity contribution is 6.61. The molecule has 6 heteroatoms. The van der Waals surface area contributed by atoms with Crippen LogP contribution in [-0.4, -0.2) is 47.8 Å². The summed E-state index contributed by atoms with van der Waals surface area (Å²) in [7, 11) is -0.389. The zero-order chi connectivity index (χ0) is 24.7. The lowest BCUT2D eigenvalue weighted by Crippen LogP contribution is -2.44. The maximum atomic E-state index is 6.47. The van der Waals surface area contributed by atoms with Gasteiger partial charge in [-0.1, -0.05) is 36.4 Å². The van der Waals surface area contributed by atoms with Crippen molar-refractivity contribution >= 4 is 24.2 Å². The molecule has 0 bridgehead atoms. The lowest BCUT2D eigenvalue weighted by Gasteiger charge is -2.34. The van der Waals surface area contributed by atoms with Crippen molar-refractivity contribution in [3.05, 3.63) is 65.0 Å². The minimum absolute atomic E-state index is 0.0751. The van der Waals surface area contributed by atoms with E-state index in [1.807, 2.05) is 18.2 Å². The Balaban J connectivity index is 1.66. The minimum Gasteiger partial charge on any atom is -0.486 e. The third-order valence-corrected chi connectivity index (χ3v) is 6.65. The molecule has 0 saturated heterocycles. The first-order valence-corrected chi connectivity index (χ1v) is 13.0. The van der Waals surface area contributed by atoms with Gasteiger partial charge in [0, 0.05) is 36.4 Å². The van der Waals surface area contributed by atoms with E-state index < -0.39 is 0 Å². The molecule has 0 radical (unpaired) electrons. The molecular formula is C28H39BClNO3. The fraction of sp³-hybridized carbons (Fsp3) is 0.571. The first-order valence-electron chi connectivity index (χ1n) is 12.5. The van der Waals surface area contributed by atoms with Gasteiger partial charge < -0.3 is 14.0 Å². The van der Waals surface area contributed by atoms with Crippen LogP contribution in [0.25, 0.3) is 0 Å². The maximum Gasteiger partial charge on any atom is 0.494 e. The molecule has 0 fully saturated rings. The first kappa shape index (κ1) is 25.6. The number of rotatable bonds is 5. The van der Waals surface area contributed by atoms with Crippen molar-refractivity contribution in [1.82, 2.24) is 4.90 Å². The van der Waals surface area contributed by atoms with Crippen molar-refractivity contribution in [2.75, 3.05) is 13.1 Å². The van der Waals surface area contributed by atoms with E-state index >= 15 is 0 Å². The number of alkyl halides is 1. The monoisotopic (exact) mass is 483 g/mol. The number of fused-ring (bicyclic) bond motifs is 1. The zero-order valence-electron chi connectivity index (χ0n) is 21.7. The molecule has 2 atom stereocenters. The number of benzene rings is 1. The van der Waals surface area contributed by atoms with Crippen LogP contribution >= 0.6 is 11.6 Å². The van der Waals surface area contributed by atoms with Crippen LogP contribution < -0.4 is 5.46 Å². The van der Waals surface area contributed by atoms with Gasteiger partial charge in [-0.3, -0.25) is 4.90 Å². The van der Waals surface area contributed by atoms with E-state index in [2.05, 4.69) is 77.6 Å². The van der Waals surface area contributed by atoms with Crippen molar-refractivity contribution in [2.24, 2.45) is 0 Å². The molecular weight excluding hydrogens is 445 g/mol. The molecule has 0 amide bonds. The molecule has 34 heavy (non-hydrogen) atoms. The topological polar surface area (TPSA) is 30.9 Å². The van der Waals surface area contributed by atoms with Gasteiger partial charge in [0.05, 0.1) is 5.38 Å². The predicted molar refractivity (Wildman–Crippen MR) is 142 cm³/mol. The second kappa shape index (κ2) is 9.85. The molecule has 3 aliphatic rings. The smallest absolute Gasteiger partial charge is 0.486 e. The van der Waals surface area contributed by atoms with Gasteiger partial charge in [0.15, 0.2) is 0 Å². The molecule has 184 valence electrons. The summed E-state index contributed by atoms with van der Waals surface area (Å²) in [5, 5.41) is -0.109. The van der Waals surface area contributed by atoms with Crippen molar-refractivity contribution < 1.29 is 14.0 Å². The SMILES string of the molecule is CC(C)OB(OC(C)(C)C)c1ccc2c(c1)C(N1CC3=C(C=CC(Cl)C=C3)OC(C)(C)C1)CC2. The average Bonchev–Trinajstić information content (AvgIpc) is 3.00. The Labute approximate surface area is 211 Å². The summed E-state index contributed by atoms with van der Waals surface area (Å²) >= 11 is 6.36. The molecule has 2 aliphatic carbocycles.